The van der Waals surface area contributed by atoms with E-state index in [-0.39, 0.29) is 29.9 Å². The van der Waals surface area contributed by atoms with Crippen molar-refractivity contribution in [3.05, 3.63) is 78.0 Å². The van der Waals surface area contributed by atoms with Gasteiger partial charge in [-0.3, -0.25) is 25.0 Å². The summed E-state index contributed by atoms with van der Waals surface area (Å²) in [4.78, 5) is 37.4. The van der Waals surface area contributed by atoms with Gasteiger partial charge in [-0.2, -0.15) is 0 Å². The molecule has 1 aromatic heterocycles. The summed E-state index contributed by atoms with van der Waals surface area (Å²) in [5, 5.41) is 11.4. The molecule has 0 aliphatic rings. The Hall–Kier alpha value is -4.35. The van der Waals surface area contributed by atoms with Crippen LogP contribution in [0.3, 0.4) is 0 Å². The quantitative estimate of drug-likeness (QED) is 0.0900. The van der Waals surface area contributed by atoms with E-state index in [9.17, 15) is 9.59 Å². The van der Waals surface area contributed by atoms with Crippen molar-refractivity contribution in [2.45, 2.75) is 57.0 Å². The van der Waals surface area contributed by atoms with Crippen LogP contribution in [0.15, 0.2) is 71.9 Å². The van der Waals surface area contributed by atoms with E-state index in [2.05, 4.69) is 20.2 Å². The molecule has 11 heteroatoms. The van der Waals surface area contributed by atoms with Crippen LogP contribution in [0.1, 0.15) is 43.2 Å². The van der Waals surface area contributed by atoms with E-state index >= 15 is 0 Å². The van der Waals surface area contributed by atoms with Gasteiger partial charge in [0, 0.05) is 31.0 Å². The average Bonchev–Trinajstić information content (AvgIpc) is 2.98. The number of amidine groups is 1. The summed E-state index contributed by atoms with van der Waals surface area (Å²) in [5.74, 6) is -0.233. The number of pyridine rings is 1. The molecule has 3 aromatic rings. The summed E-state index contributed by atoms with van der Waals surface area (Å²) < 4.78 is 0. The van der Waals surface area contributed by atoms with Crippen LogP contribution < -0.4 is 28.3 Å². The lowest BCUT2D eigenvalue weighted by molar-refractivity contribution is -0.128. The molecule has 43 heavy (non-hydrogen) atoms. The summed E-state index contributed by atoms with van der Waals surface area (Å²) in [6, 6.07) is 18.2. The Bertz CT molecular complexity index is 1360. The maximum atomic E-state index is 13.5. The molecule has 11 nitrogen and oxygen atoms in total. The van der Waals surface area contributed by atoms with Gasteiger partial charge < -0.3 is 33.2 Å². The Balaban J connectivity index is 1.59. The number of carbonyl (C=O) groups is 2. The second-order valence-corrected chi connectivity index (χ2v) is 10.8. The normalized spacial score (nSPS) is 12.5. The lowest BCUT2D eigenvalue weighted by Crippen LogP contribution is -2.49. The number of aliphatic imine (C=N–C) groups is 1. The van der Waals surface area contributed by atoms with Gasteiger partial charge in [0.1, 0.15) is 0 Å². The first-order valence-electron chi connectivity index (χ1n) is 14.8. The highest BCUT2D eigenvalue weighted by atomic mass is 16.2. The van der Waals surface area contributed by atoms with Gasteiger partial charge in [0.2, 0.25) is 5.91 Å². The maximum Gasteiger partial charge on any atom is 0.237 e. The molecule has 1 amide bonds. The van der Waals surface area contributed by atoms with Crippen molar-refractivity contribution in [2.75, 3.05) is 26.2 Å². The van der Waals surface area contributed by atoms with Crippen LogP contribution in [0.4, 0.5) is 0 Å². The van der Waals surface area contributed by atoms with Crippen molar-refractivity contribution in [3.8, 4) is 0 Å². The van der Waals surface area contributed by atoms with Crippen LogP contribution in [0.2, 0.25) is 0 Å². The van der Waals surface area contributed by atoms with Gasteiger partial charge in [0.15, 0.2) is 11.7 Å². The van der Waals surface area contributed by atoms with Crippen LogP contribution in [0.25, 0.3) is 10.9 Å². The third kappa shape index (κ3) is 12.2. The average molecular weight is 588 g/mol. The molecule has 3 rings (SSSR count). The molecule has 0 aliphatic heterocycles. The molecule has 0 aliphatic carbocycles. The molecule has 230 valence electrons. The first-order valence-corrected chi connectivity index (χ1v) is 14.8. The van der Waals surface area contributed by atoms with Crippen molar-refractivity contribution in [3.63, 3.8) is 0 Å². The second kappa shape index (κ2) is 17.6. The van der Waals surface area contributed by atoms with Crippen LogP contribution in [-0.2, 0) is 22.4 Å². The topological polar surface area (TPSA) is 203 Å². The van der Waals surface area contributed by atoms with E-state index in [4.69, 9.17) is 28.3 Å². The Labute approximate surface area is 253 Å². The number of hydrogen-bond donors (Lipinski definition) is 6. The van der Waals surface area contributed by atoms with Gasteiger partial charge in [0.05, 0.1) is 30.0 Å². The Morgan fingerprint density at radius 1 is 0.930 bits per heavy atom. The SMILES string of the molecule is N=C(N)CCCN(CCC[C@H](N)C(=O)N[C@H](CCc1ccccc1)C(=O)Cc1cnc2ccccc2c1)CCN=C(N)N. The number of nitrogens with one attached hydrogen (secondary N) is 2. The standard InChI is InChI=1S/C32H45N9O2/c33-26(11-6-17-41(18-7-13-30(34)35)19-16-38-32(36)37)31(43)40-28(15-14-23-8-2-1-3-9-23)29(42)21-24-20-25-10-4-5-12-27(25)39-22-24/h1-5,8-10,12,20,22,26,28H,6-7,11,13-19,21,33H2,(H3,34,35)(H,40,43)(H4,36,37,38)/t26-,28+/m0/s1. The fraction of sp³-hybridized carbons (Fsp3) is 0.406. The fourth-order valence-electron chi connectivity index (χ4n) is 4.90. The molecule has 0 bridgehead atoms. The predicted octanol–water partition coefficient (Wildman–Crippen LogP) is 1.86. The number of aryl methyl sites for hydroxylation is 1. The number of aromatic nitrogens is 1. The Morgan fingerprint density at radius 3 is 2.40 bits per heavy atom. The van der Waals surface area contributed by atoms with Gasteiger partial charge in [-0.1, -0.05) is 48.5 Å². The zero-order valence-electron chi connectivity index (χ0n) is 24.8. The fourth-order valence-corrected chi connectivity index (χ4v) is 4.90. The van der Waals surface area contributed by atoms with Crippen LogP contribution >= 0.6 is 0 Å². The molecule has 0 fully saturated rings. The van der Waals surface area contributed by atoms with Crippen LogP contribution in [0.5, 0.6) is 0 Å². The first-order chi connectivity index (χ1) is 20.7. The summed E-state index contributed by atoms with van der Waals surface area (Å²) >= 11 is 0. The largest absolute Gasteiger partial charge is 0.388 e. The number of fused-ring (bicyclic) bond motifs is 1. The number of rotatable bonds is 19. The van der Waals surface area contributed by atoms with Gasteiger partial charge in [-0.15, -0.1) is 0 Å². The number of amides is 1. The van der Waals surface area contributed by atoms with Crippen LogP contribution in [-0.4, -0.2) is 71.6 Å². The first kappa shape index (κ1) is 33.2. The number of guanidine groups is 1. The predicted molar refractivity (Wildman–Crippen MR) is 173 cm³/mol. The van der Waals surface area contributed by atoms with Gasteiger partial charge in [-0.05, 0) is 68.5 Å². The van der Waals surface area contributed by atoms with Gasteiger partial charge >= 0.3 is 0 Å². The minimum Gasteiger partial charge on any atom is -0.388 e. The number of benzene rings is 2. The monoisotopic (exact) mass is 587 g/mol. The molecule has 0 spiro atoms. The molecule has 2 atom stereocenters. The Kier molecular flexibility index (Phi) is 13.5. The number of para-hydroxylation sites is 1. The van der Waals surface area contributed by atoms with E-state index in [1.165, 1.54) is 0 Å². The minimum absolute atomic E-state index is 0.0376. The summed E-state index contributed by atoms with van der Waals surface area (Å²) in [6.07, 6.45) is 5.36. The lowest BCUT2D eigenvalue weighted by Gasteiger charge is -2.23. The zero-order chi connectivity index (χ0) is 31.0. The number of carbonyl (C=O) groups excluding carboxylic acids is 2. The van der Waals surface area contributed by atoms with Crippen LogP contribution in [0, 0.1) is 5.41 Å². The molecule has 10 N–H and O–H groups in total. The Morgan fingerprint density at radius 2 is 1.65 bits per heavy atom. The second-order valence-electron chi connectivity index (χ2n) is 10.8. The molecule has 0 saturated heterocycles. The smallest absolute Gasteiger partial charge is 0.237 e. The van der Waals surface area contributed by atoms with Crippen molar-refractivity contribution in [1.29, 1.82) is 5.41 Å². The highest BCUT2D eigenvalue weighted by Crippen LogP contribution is 2.15. The third-order valence-corrected chi connectivity index (χ3v) is 7.25. The van der Waals surface area contributed by atoms with Crippen molar-refractivity contribution in [1.82, 2.24) is 15.2 Å². The highest BCUT2D eigenvalue weighted by molar-refractivity contribution is 5.92. The van der Waals surface area contributed by atoms with Crippen molar-refractivity contribution < 1.29 is 9.59 Å². The number of nitrogens with two attached hydrogens (primary N) is 4. The van der Waals surface area contributed by atoms with E-state index in [0.29, 0.717) is 51.7 Å². The molecule has 1 heterocycles. The van der Waals surface area contributed by atoms with Gasteiger partial charge in [-0.25, -0.2) is 0 Å². The summed E-state index contributed by atoms with van der Waals surface area (Å²) in [7, 11) is 0. The minimum atomic E-state index is -0.758. The van der Waals surface area contributed by atoms with Crippen molar-refractivity contribution in [2.24, 2.45) is 27.9 Å². The number of hydrogen-bond acceptors (Lipinski definition) is 7. The number of ketones is 1. The molecule has 0 unspecified atom stereocenters. The highest BCUT2D eigenvalue weighted by Gasteiger charge is 2.24. The lowest BCUT2D eigenvalue weighted by atomic mass is 9.97. The molecular formula is C32H45N9O2. The van der Waals surface area contributed by atoms with Gasteiger partial charge in [0.25, 0.3) is 0 Å². The molecule has 0 saturated carbocycles. The summed E-state index contributed by atoms with van der Waals surface area (Å²) in [6.45, 7) is 2.49. The van der Waals surface area contributed by atoms with E-state index in [1.807, 2.05) is 60.7 Å². The van der Waals surface area contributed by atoms with E-state index in [1.54, 1.807) is 6.20 Å². The molecular weight excluding hydrogens is 542 g/mol. The molecule has 2 aromatic carbocycles. The molecule has 0 radical (unpaired) electrons. The number of nitrogens with zero attached hydrogens (tertiary/aromatic N) is 3. The third-order valence-electron chi connectivity index (χ3n) is 7.25. The van der Waals surface area contributed by atoms with Crippen molar-refractivity contribution >= 4 is 34.4 Å². The van der Waals surface area contributed by atoms with E-state index < -0.39 is 12.1 Å². The summed E-state index contributed by atoms with van der Waals surface area (Å²) in [5.41, 5.74) is 25.5. The number of Topliss-reactive ketones (excluding diaryl/α,β-unsaturated/α-hetero) is 1. The zero-order valence-corrected chi connectivity index (χ0v) is 24.8. The maximum absolute atomic E-state index is 13.5. The van der Waals surface area contributed by atoms with E-state index in [0.717, 1.165) is 35.0 Å².